The number of nitrogens with two attached hydrogens (primary N) is 3. The summed E-state index contributed by atoms with van der Waals surface area (Å²) in [6, 6.07) is 29.0. The van der Waals surface area contributed by atoms with E-state index in [0.29, 0.717) is 28.4 Å². The normalized spacial score (nSPS) is 10.7. The molecule has 14 N–H and O–H groups in total. The molecule has 46 heteroatoms. The monoisotopic (exact) mass is 1840 g/mol. The summed E-state index contributed by atoms with van der Waals surface area (Å²) < 4.78 is 163. The quantitative estimate of drug-likeness (QED) is 0.0188. The van der Waals surface area contributed by atoms with Crippen LogP contribution in [-0.4, -0.2) is 114 Å². The number of nitro groups is 2. The number of halogens is 19. The Morgan fingerprint density at radius 1 is 0.487 bits per heavy atom. The summed E-state index contributed by atoms with van der Waals surface area (Å²) in [6.07, 6.45) is -17.3. The van der Waals surface area contributed by atoms with Crippen LogP contribution in [0.2, 0.25) is 25.1 Å². The van der Waals surface area contributed by atoms with E-state index < -0.39 is 120 Å². The summed E-state index contributed by atoms with van der Waals surface area (Å²) in [5.74, 6) is -3.94. The van der Waals surface area contributed by atoms with Crippen LogP contribution in [0.5, 0.6) is 0 Å². The van der Waals surface area contributed by atoms with Crippen LogP contribution in [0, 0.1) is 47.9 Å². The Balaban J connectivity index is 0.000000717. The van der Waals surface area contributed by atoms with E-state index in [9.17, 15) is 96.9 Å². The van der Waals surface area contributed by atoms with Gasteiger partial charge in [-0.05, 0) is 155 Å². The number of rotatable bonds is 11. The summed E-state index contributed by atoms with van der Waals surface area (Å²) >= 11 is 27.1. The number of carboxylic acids is 1. The van der Waals surface area contributed by atoms with E-state index in [1.807, 2.05) is 0 Å². The van der Waals surface area contributed by atoms with Gasteiger partial charge in [0.2, 0.25) is 0 Å². The fraction of sp³-hybridized carbons (Fsp3) is 0.149. The predicted octanol–water partition coefficient (Wildman–Crippen LogP) is 17.7. The molecule has 1 heterocycles. The molecular weight excluding hydrogens is 1780 g/mol. The number of nitrogens with zero attached hydrogens (tertiary/aromatic N) is 4. The van der Waals surface area contributed by atoms with Crippen LogP contribution in [0.4, 0.5) is 104 Å². The number of aromatic nitrogens is 2. The second-order valence-corrected chi connectivity index (χ2v) is 27.6. The molecule has 9 rings (SSSR count). The molecule has 0 fully saturated rings. The second-order valence-electron chi connectivity index (χ2n) is 21.4. The van der Waals surface area contributed by atoms with E-state index in [-0.39, 0.29) is 106 Å². The van der Waals surface area contributed by atoms with Gasteiger partial charge in [-0.15, -0.1) is 0 Å². The van der Waals surface area contributed by atoms with Crippen LogP contribution in [0.15, 0.2) is 152 Å². The number of aryl methyl sites for hydroxylation is 4. The van der Waals surface area contributed by atoms with Gasteiger partial charge in [0.05, 0.1) is 57.8 Å². The van der Waals surface area contributed by atoms with E-state index in [2.05, 4.69) is 31.2 Å². The maximum atomic E-state index is 13.0. The molecule has 4 amide bonds. The van der Waals surface area contributed by atoms with Gasteiger partial charge in [-0.3, -0.25) is 39.4 Å². The number of aliphatic hydroxyl groups excluding tert-OH is 1. The number of anilines is 7. The molecule has 1 aromatic heterocycles. The average Bonchev–Trinajstić information content (AvgIpc) is 0.824. The minimum absolute atomic E-state index is 0.000807. The van der Waals surface area contributed by atoms with Gasteiger partial charge in [0.25, 0.3) is 51.0 Å². The topological polar surface area (TPSA) is 405 Å². The first kappa shape index (κ1) is 97.6. The van der Waals surface area contributed by atoms with Crippen molar-refractivity contribution in [3.63, 3.8) is 0 Å². The van der Waals surface area contributed by atoms with Crippen molar-refractivity contribution in [2.45, 2.75) is 59.3 Å². The number of nitro benzene ring substituents is 2. The van der Waals surface area contributed by atoms with Gasteiger partial charge in [0, 0.05) is 83.4 Å². The number of hydrogen-bond donors (Lipinski definition) is 11. The van der Waals surface area contributed by atoms with Crippen molar-refractivity contribution < 1.29 is 107 Å². The zero-order valence-corrected chi connectivity index (χ0v) is 66.1. The third-order valence-electron chi connectivity index (χ3n) is 13.5. The molecule has 0 spiro atoms. The number of aliphatic hydroxyl groups is 1. The molecule has 24 nitrogen and oxygen atoms in total. The number of carbonyl (C=O) groups excluding carboxylic acids is 4. The molecule has 113 heavy (non-hydrogen) atoms. The number of carboxylic acid groups (broad SMARTS) is 1. The van der Waals surface area contributed by atoms with Gasteiger partial charge < -0.3 is 58.7 Å². The van der Waals surface area contributed by atoms with Crippen molar-refractivity contribution in [1.29, 1.82) is 2.67 Å². The van der Waals surface area contributed by atoms with Crippen LogP contribution in [0.25, 0.3) is 0 Å². The summed E-state index contributed by atoms with van der Waals surface area (Å²) in [7, 11) is 10.4. The number of aromatic carboxylic acids is 1. The van der Waals surface area contributed by atoms with E-state index in [1.165, 1.54) is 73.7 Å². The van der Waals surface area contributed by atoms with E-state index >= 15 is 0 Å². The average molecular weight is 1850 g/mol. The fourth-order valence-electron chi connectivity index (χ4n) is 8.12. The van der Waals surface area contributed by atoms with Crippen LogP contribution in [-0.2, 0) is 24.7 Å². The van der Waals surface area contributed by atoms with Crippen molar-refractivity contribution >= 4 is 192 Å². The molecule has 0 bridgehead atoms. The summed E-state index contributed by atoms with van der Waals surface area (Å²) in [5.41, 5.74) is 14.8. The number of nitrogens with one attached hydrogen (secondary N) is 4. The van der Waals surface area contributed by atoms with E-state index in [4.69, 9.17) is 116 Å². The van der Waals surface area contributed by atoms with Gasteiger partial charge in [-0.2, -0.15) is 52.7 Å². The first-order valence-electron chi connectivity index (χ1n) is 31.2. The van der Waals surface area contributed by atoms with Crippen molar-refractivity contribution in [3.05, 3.63) is 270 Å². The number of amides is 4. The maximum absolute atomic E-state index is 13.0. The first-order valence-corrected chi connectivity index (χ1v) is 39.2. The first-order chi connectivity index (χ1) is 53.3. The van der Waals surface area contributed by atoms with Gasteiger partial charge in [0.15, 0.2) is 5.69 Å². The molecule has 0 unspecified atom stereocenters. The molecule has 0 aliphatic rings. The molecule has 0 aliphatic carbocycles. The molecule has 0 aliphatic heterocycles. The fourth-order valence-corrected chi connectivity index (χ4v) is 9.20. The van der Waals surface area contributed by atoms with Crippen LogP contribution in [0.1, 0.15) is 103 Å². The van der Waals surface area contributed by atoms with Crippen molar-refractivity contribution in [2.75, 3.05) is 45.1 Å². The predicted molar refractivity (Wildman–Crippen MR) is 412 cm³/mol. The second kappa shape index (κ2) is 47.2. The van der Waals surface area contributed by atoms with E-state index in [1.54, 1.807) is 45.9 Å². The van der Waals surface area contributed by atoms with E-state index in [0.717, 1.165) is 66.5 Å². The SMILES string of the molecule is CCO.Cc1ccc(C(=O)Nc2ccc(Cl)c(C(F)(F)F)c2)cc1N.Cc1ccc(C(=O)Nc2ccc(Cl)c(C(F)(F)F)c2)cc1NC(=O)c1ncnc(N)c1Cl.Cc1ccc(C(=O)Nc2ccc(Cl)c(C(F)(F)F)c2)cc1[N+](=O)[O-].Cc1ccc(C(=O)O)cc1[N+](=O)[O-].Nc1ccc(Cl)c(C(F)(F)F)c1.[3H][B]O.[3H][B]O.[Cl][Sn][Cl]. The number of alkyl halides is 12. The summed E-state index contributed by atoms with van der Waals surface area (Å²) in [6.45, 7) is 8.46. The zero-order chi connectivity index (χ0) is 88.4. The zero-order valence-electron chi connectivity index (χ0n) is 60.0. The Kier molecular flexibility index (Phi) is 40.7. The van der Waals surface area contributed by atoms with Crippen LogP contribution < -0.4 is 38.5 Å². The third-order valence-corrected chi connectivity index (χ3v) is 15.2. The Morgan fingerprint density at radius 3 is 1.13 bits per heavy atom. The van der Waals surface area contributed by atoms with Crippen molar-refractivity contribution in [1.82, 2.24) is 9.97 Å². The molecule has 0 atom stereocenters. The Bertz CT molecular complexity index is 4870. The number of nitrogen functional groups attached to an aromatic ring is 3. The number of carbonyl (C=O) groups is 5. The molecule has 8 aromatic carbocycles. The summed E-state index contributed by atoms with van der Waals surface area (Å²) in [4.78, 5) is 87.2. The Morgan fingerprint density at radius 2 is 0.796 bits per heavy atom. The van der Waals surface area contributed by atoms with Crippen LogP contribution in [0.3, 0.4) is 0 Å². The van der Waals surface area contributed by atoms with Gasteiger partial charge in [0.1, 0.15) is 17.2 Å². The Hall–Kier alpha value is -9.61. The molecule has 4 radical (unpaired) electrons. The van der Waals surface area contributed by atoms with Gasteiger partial charge >= 0.3 is 67.4 Å². The van der Waals surface area contributed by atoms with Gasteiger partial charge in [-0.1, -0.05) is 82.3 Å². The summed E-state index contributed by atoms with van der Waals surface area (Å²) in [5, 5.41) is 59.4. The van der Waals surface area contributed by atoms with Crippen molar-refractivity contribution in [2.24, 2.45) is 0 Å². The third kappa shape index (κ3) is 33.2. The Labute approximate surface area is 680 Å². The minimum atomic E-state index is -4.68. The number of benzene rings is 8. The molecule has 0 saturated carbocycles. The molecule has 9 aromatic rings. The molecular formula is C67H58B2Cl7F12N11O13Sn. The standard InChI is InChI=1S/C20H14Cl2F3N5O2.C15H10ClF3N2O3.C15H12ClF3N2O.C8H7NO4.C7H5ClF3N.C2H6O.2BH2O.2ClH.Sn/c1-9-2-3-10(6-14(9)30-19(32)16-15(22)17(26)28-8-27-16)18(31)29-11-4-5-13(21)12(7-11)20(23,24)25;1-8-2-3-9(6-13(8)21(23)24)14(22)20-10-4-5-12(16)11(7-10)15(17,18)19;1-8-2-3-9(6-13(8)20)14(22)21-10-4-5-12(16)11(7-10)15(17,18)19;1-5-2-3-6(8(10)11)4-7(5)9(12)13;8-6-2-1-4(12)3-5(6)7(9,10)11;1-2-3;2*1-2;;;/h2-8H,1H3,(H,29,31)(H,30,32)(H2,26,27,28);2-7H,1H3,(H,20,22);2-7H,20H2,1H3,(H,21,22);2-4H,1H3,(H,10,11);1-3H,12H2;3H,2H2,1H3;2*1-2H;2*1H;/q;;;;;;;;;;+2/p-2/i;;;;;;2*1T;;;. The van der Waals surface area contributed by atoms with Gasteiger partial charge in [-0.25, -0.2) is 14.8 Å². The van der Waals surface area contributed by atoms with Crippen LogP contribution >= 0.6 is 75.8 Å². The van der Waals surface area contributed by atoms with Crippen molar-refractivity contribution in [3.8, 4) is 0 Å². The number of hydrogen-bond acceptors (Lipinski definition) is 17. The molecule has 602 valence electrons. The molecule has 0 saturated heterocycles.